The number of non-ortho nitro benzene ring substituents is 1. The van der Waals surface area contributed by atoms with E-state index in [0.29, 0.717) is 18.2 Å². The standard InChI is InChI=1S/C13H5Br2F3N4O6/c14-7-4-8(15)9(3-6(7)13(16,17)18)19-12-10(21(25)26)1-5(20(23)24)2-11(12)22(27)28/h1-4,19H. The Morgan fingerprint density at radius 2 is 1.32 bits per heavy atom. The minimum absolute atomic E-state index is 0.00526. The molecule has 0 aliphatic heterocycles. The van der Waals surface area contributed by atoms with Crippen LogP contribution in [-0.4, -0.2) is 14.8 Å². The summed E-state index contributed by atoms with van der Waals surface area (Å²) in [4.78, 5) is 30.0. The smallest absolute Gasteiger partial charge is 0.343 e. The van der Waals surface area contributed by atoms with E-state index in [1.807, 2.05) is 0 Å². The second kappa shape index (κ2) is 7.67. The molecule has 0 saturated carbocycles. The molecule has 0 saturated heterocycles. The van der Waals surface area contributed by atoms with E-state index < -0.39 is 49.3 Å². The molecule has 2 aromatic carbocycles. The first-order valence-corrected chi connectivity index (χ1v) is 8.36. The Morgan fingerprint density at radius 1 is 0.821 bits per heavy atom. The van der Waals surface area contributed by atoms with Gasteiger partial charge in [0.1, 0.15) is 0 Å². The third-order valence-corrected chi connectivity index (χ3v) is 4.62. The molecule has 0 amide bonds. The molecule has 0 heterocycles. The third-order valence-electron chi connectivity index (χ3n) is 3.31. The van der Waals surface area contributed by atoms with E-state index in [9.17, 15) is 43.5 Å². The van der Waals surface area contributed by atoms with Gasteiger partial charge in [-0.25, -0.2) is 0 Å². The first kappa shape index (κ1) is 21.5. The minimum Gasteiger partial charge on any atom is -0.343 e. The van der Waals surface area contributed by atoms with Gasteiger partial charge in [0.05, 0.1) is 38.2 Å². The van der Waals surface area contributed by atoms with Gasteiger partial charge < -0.3 is 5.32 Å². The molecule has 28 heavy (non-hydrogen) atoms. The highest BCUT2D eigenvalue weighted by Gasteiger charge is 2.35. The molecular formula is C13H5Br2F3N4O6. The summed E-state index contributed by atoms with van der Waals surface area (Å²) in [6.45, 7) is 0. The molecule has 2 aromatic rings. The van der Waals surface area contributed by atoms with Crippen molar-refractivity contribution in [2.45, 2.75) is 6.18 Å². The van der Waals surface area contributed by atoms with Crippen molar-refractivity contribution < 1.29 is 27.9 Å². The number of halogens is 5. The second-order valence-electron chi connectivity index (χ2n) is 5.07. The van der Waals surface area contributed by atoms with E-state index in [1.165, 1.54) is 0 Å². The summed E-state index contributed by atoms with van der Waals surface area (Å²) in [5.41, 5.74) is -5.36. The predicted molar refractivity (Wildman–Crippen MR) is 96.5 cm³/mol. The van der Waals surface area contributed by atoms with Gasteiger partial charge in [-0.3, -0.25) is 30.3 Å². The van der Waals surface area contributed by atoms with Crippen LogP contribution in [0.2, 0.25) is 0 Å². The van der Waals surface area contributed by atoms with Crippen LogP contribution in [0.5, 0.6) is 0 Å². The van der Waals surface area contributed by atoms with E-state index in [0.717, 1.165) is 6.07 Å². The zero-order chi connectivity index (χ0) is 21.4. The number of nitrogens with zero attached hydrogens (tertiary/aromatic N) is 3. The summed E-state index contributed by atoms with van der Waals surface area (Å²) >= 11 is 5.69. The number of nitro benzene ring substituents is 3. The molecule has 10 nitrogen and oxygen atoms in total. The van der Waals surface area contributed by atoms with Crippen molar-refractivity contribution in [3.8, 4) is 0 Å². The van der Waals surface area contributed by atoms with Crippen LogP contribution >= 0.6 is 31.9 Å². The second-order valence-corrected chi connectivity index (χ2v) is 6.77. The van der Waals surface area contributed by atoms with Crippen molar-refractivity contribution >= 4 is 60.3 Å². The molecule has 2 rings (SSSR count). The summed E-state index contributed by atoms with van der Waals surface area (Å²) in [6.07, 6.45) is -4.79. The number of alkyl halides is 3. The minimum atomic E-state index is -4.79. The maximum absolute atomic E-state index is 13.1. The van der Waals surface area contributed by atoms with E-state index in [2.05, 4.69) is 37.2 Å². The Bertz CT molecular complexity index is 979. The highest BCUT2D eigenvalue weighted by Crippen LogP contribution is 2.44. The highest BCUT2D eigenvalue weighted by molar-refractivity contribution is 9.11. The Labute approximate surface area is 169 Å². The summed E-state index contributed by atoms with van der Waals surface area (Å²) in [5.74, 6) is 0. The fourth-order valence-corrected chi connectivity index (χ4v) is 3.43. The van der Waals surface area contributed by atoms with Crippen LogP contribution in [0.3, 0.4) is 0 Å². The third kappa shape index (κ3) is 4.36. The monoisotopic (exact) mass is 528 g/mol. The van der Waals surface area contributed by atoms with Crippen molar-refractivity contribution in [1.29, 1.82) is 0 Å². The number of nitrogens with one attached hydrogen (secondary N) is 1. The normalized spacial score (nSPS) is 11.2. The maximum Gasteiger partial charge on any atom is 0.417 e. The molecule has 0 aliphatic carbocycles. The van der Waals surface area contributed by atoms with Crippen LogP contribution in [0.1, 0.15) is 5.56 Å². The summed E-state index contributed by atoms with van der Waals surface area (Å²) < 4.78 is 38.9. The largest absolute Gasteiger partial charge is 0.417 e. The van der Waals surface area contributed by atoms with Gasteiger partial charge in [-0.15, -0.1) is 0 Å². The van der Waals surface area contributed by atoms with Crippen molar-refractivity contribution in [1.82, 2.24) is 0 Å². The number of anilines is 2. The van der Waals surface area contributed by atoms with Crippen LogP contribution in [0, 0.1) is 30.3 Å². The zero-order valence-electron chi connectivity index (χ0n) is 13.0. The number of hydrogen-bond acceptors (Lipinski definition) is 7. The molecule has 0 fully saturated rings. The topological polar surface area (TPSA) is 141 Å². The Hall–Kier alpha value is -2.81. The molecule has 0 radical (unpaired) electrons. The predicted octanol–water partition coefficient (Wildman–Crippen LogP) is 5.70. The lowest BCUT2D eigenvalue weighted by Crippen LogP contribution is -2.08. The van der Waals surface area contributed by atoms with Gasteiger partial charge in [-0.2, -0.15) is 13.2 Å². The van der Waals surface area contributed by atoms with E-state index in [4.69, 9.17) is 0 Å². The first-order chi connectivity index (χ1) is 12.8. The van der Waals surface area contributed by atoms with Crippen LogP contribution < -0.4 is 5.32 Å². The Kier molecular flexibility index (Phi) is 5.88. The van der Waals surface area contributed by atoms with E-state index in [-0.39, 0.29) is 14.6 Å². The molecule has 0 spiro atoms. The van der Waals surface area contributed by atoms with Gasteiger partial charge >= 0.3 is 17.6 Å². The lowest BCUT2D eigenvalue weighted by atomic mass is 10.1. The summed E-state index contributed by atoms with van der Waals surface area (Å²) in [6, 6.07) is 2.50. The van der Waals surface area contributed by atoms with Gasteiger partial charge in [0, 0.05) is 8.95 Å². The van der Waals surface area contributed by atoms with Crippen molar-refractivity contribution in [3.05, 3.63) is 69.1 Å². The number of hydrogen-bond donors (Lipinski definition) is 1. The van der Waals surface area contributed by atoms with Gasteiger partial charge in [0.25, 0.3) is 5.69 Å². The quantitative estimate of drug-likeness (QED) is 0.386. The van der Waals surface area contributed by atoms with E-state index >= 15 is 0 Å². The molecule has 0 atom stereocenters. The van der Waals surface area contributed by atoms with Crippen LogP contribution in [0.4, 0.5) is 41.6 Å². The molecule has 15 heteroatoms. The Morgan fingerprint density at radius 3 is 1.71 bits per heavy atom. The molecular weight excluding hydrogens is 525 g/mol. The molecule has 0 unspecified atom stereocenters. The maximum atomic E-state index is 13.1. The van der Waals surface area contributed by atoms with Crippen molar-refractivity contribution in [3.63, 3.8) is 0 Å². The molecule has 0 aromatic heterocycles. The fourth-order valence-electron chi connectivity index (χ4n) is 2.12. The molecule has 148 valence electrons. The zero-order valence-corrected chi connectivity index (χ0v) is 16.2. The van der Waals surface area contributed by atoms with Crippen molar-refractivity contribution in [2.24, 2.45) is 0 Å². The van der Waals surface area contributed by atoms with Gasteiger partial charge in [-0.05, 0) is 28.1 Å². The fraction of sp³-hybridized carbons (Fsp3) is 0.0769. The first-order valence-electron chi connectivity index (χ1n) is 6.77. The van der Waals surface area contributed by atoms with Gasteiger partial charge in [0.2, 0.25) is 0 Å². The van der Waals surface area contributed by atoms with Crippen LogP contribution in [0.25, 0.3) is 0 Å². The lowest BCUT2D eigenvalue weighted by Gasteiger charge is -2.14. The SMILES string of the molecule is O=[N+]([O-])c1cc([N+](=O)[O-])c(Nc2cc(C(F)(F)F)c(Br)cc2Br)c([N+](=O)[O-])c1. The highest BCUT2D eigenvalue weighted by atomic mass is 79.9. The average Bonchev–Trinajstić information content (AvgIpc) is 2.55. The van der Waals surface area contributed by atoms with E-state index in [1.54, 1.807) is 0 Å². The molecule has 1 N–H and O–H groups in total. The molecule has 0 aliphatic rings. The van der Waals surface area contributed by atoms with Crippen LogP contribution in [0.15, 0.2) is 33.2 Å². The average molecular weight is 530 g/mol. The number of nitro groups is 3. The van der Waals surface area contributed by atoms with Gasteiger partial charge in [0.15, 0.2) is 5.69 Å². The summed E-state index contributed by atoms with van der Waals surface area (Å²) in [5, 5.41) is 35.6. The number of rotatable bonds is 5. The van der Waals surface area contributed by atoms with Gasteiger partial charge in [-0.1, -0.05) is 15.9 Å². The molecule has 0 bridgehead atoms. The van der Waals surface area contributed by atoms with Crippen molar-refractivity contribution in [2.75, 3.05) is 5.32 Å². The summed E-state index contributed by atoms with van der Waals surface area (Å²) in [7, 11) is 0. The Balaban J connectivity index is 2.74. The van der Waals surface area contributed by atoms with Crippen LogP contribution in [-0.2, 0) is 6.18 Å². The number of benzene rings is 2. The lowest BCUT2D eigenvalue weighted by molar-refractivity contribution is -0.401.